The van der Waals surface area contributed by atoms with Crippen LogP contribution in [0.3, 0.4) is 0 Å². The summed E-state index contributed by atoms with van der Waals surface area (Å²) in [5, 5.41) is -0.0264. The van der Waals surface area contributed by atoms with Gasteiger partial charge in [-0.2, -0.15) is 0 Å². The number of aryl methyl sites for hydroxylation is 2. The van der Waals surface area contributed by atoms with Crippen molar-refractivity contribution in [2.75, 3.05) is 0 Å². The lowest BCUT2D eigenvalue weighted by Gasteiger charge is -2.05. The van der Waals surface area contributed by atoms with E-state index in [-0.39, 0.29) is 11.6 Å². The molecule has 6 nitrogen and oxygen atoms in total. The summed E-state index contributed by atoms with van der Waals surface area (Å²) in [6.45, 7) is 4.70. The largest absolute Gasteiger partial charge is 0.334 e. The molecule has 0 saturated carbocycles. The van der Waals surface area contributed by atoms with Gasteiger partial charge in [0.2, 0.25) is 0 Å². The van der Waals surface area contributed by atoms with Crippen LogP contribution in [0.1, 0.15) is 24.7 Å². The van der Waals surface area contributed by atoms with E-state index in [0.717, 1.165) is 18.5 Å². The van der Waals surface area contributed by atoms with Gasteiger partial charge in [0, 0.05) is 12.7 Å². The van der Waals surface area contributed by atoms with Gasteiger partial charge in [0.25, 0.3) is 10.0 Å². The lowest BCUT2D eigenvalue weighted by atomic mass is 10.2. The second kappa shape index (κ2) is 6.84. The lowest BCUT2D eigenvalue weighted by molar-refractivity contribution is 0.0793. The summed E-state index contributed by atoms with van der Waals surface area (Å²) in [6, 6.07) is 9.32. The molecule has 0 bridgehead atoms. The zero-order chi connectivity index (χ0) is 15.3. The molecular formula is C14H19N3O3S. The van der Waals surface area contributed by atoms with E-state index < -0.39 is 10.0 Å². The highest BCUT2D eigenvalue weighted by atomic mass is 32.2. The van der Waals surface area contributed by atoms with Crippen molar-refractivity contribution in [1.82, 2.24) is 14.4 Å². The van der Waals surface area contributed by atoms with Gasteiger partial charge in [0.1, 0.15) is 5.82 Å². The molecule has 0 aliphatic carbocycles. The molecule has 21 heavy (non-hydrogen) atoms. The fraction of sp³-hybridized carbons (Fsp3) is 0.357. The number of sulfonamides is 1. The molecule has 1 heterocycles. The predicted molar refractivity (Wildman–Crippen MR) is 78.8 cm³/mol. The predicted octanol–water partition coefficient (Wildman–Crippen LogP) is 2.01. The Morgan fingerprint density at radius 1 is 1.29 bits per heavy atom. The van der Waals surface area contributed by atoms with Gasteiger partial charge >= 0.3 is 0 Å². The standard InChI is InChI=1S/C14H19N3O3S/c1-3-9-17-10-14(15-12(17)2)21(18,19)16-20-11-13-7-5-4-6-8-13/h4-8,10,16H,3,9,11H2,1-2H3. The Labute approximate surface area is 124 Å². The van der Waals surface area contributed by atoms with Gasteiger partial charge in [-0.15, -0.1) is 0 Å². The minimum atomic E-state index is -3.75. The Balaban J connectivity index is 2.00. The van der Waals surface area contributed by atoms with Crippen molar-refractivity contribution < 1.29 is 13.3 Å². The molecule has 2 rings (SSSR count). The van der Waals surface area contributed by atoms with E-state index >= 15 is 0 Å². The van der Waals surface area contributed by atoms with Crippen LogP contribution in [0.15, 0.2) is 41.6 Å². The van der Waals surface area contributed by atoms with Gasteiger partial charge in [-0.1, -0.05) is 42.1 Å². The molecule has 0 saturated heterocycles. The lowest BCUT2D eigenvalue weighted by Crippen LogP contribution is -2.24. The molecule has 0 amide bonds. The number of nitrogens with zero attached hydrogens (tertiary/aromatic N) is 2. The molecule has 0 unspecified atom stereocenters. The fourth-order valence-corrected chi connectivity index (χ4v) is 2.70. The Kier molecular flexibility index (Phi) is 5.11. The number of imidazole rings is 1. The third kappa shape index (κ3) is 4.13. The zero-order valence-corrected chi connectivity index (χ0v) is 12.9. The zero-order valence-electron chi connectivity index (χ0n) is 12.1. The molecule has 0 spiro atoms. The van der Waals surface area contributed by atoms with Crippen LogP contribution in [-0.2, 0) is 28.0 Å². The molecule has 1 N–H and O–H groups in total. The van der Waals surface area contributed by atoms with Crippen molar-refractivity contribution in [1.29, 1.82) is 0 Å². The van der Waals surface area contributed by atoms with E-state index in [0.29, 0.717) is 5.82 Å². The molecule has 0 atom stereocenters. The van der Waals surface area contributed by atoms with Crippen LogP contribution in [0.4, 0.5) is 0 Å². The van der Waals surface area contributed by atoms with E-state index in [9.17, 15) is 8.42 Å². The molecule has 114 valence electrons. The first-order valence-corrected chi connectivity index (χ1v) is 8.22. The highest BCUT2D eigenvalue weighted by Gasteiger charge is 2.19. The topological polar surface area (TPSA) is 73.2 Å². The maximum atomic E-state index is 12.1. The summed E-state index contributed by atoms with van der Waals surface area (Å²) in [5.41, 5.74) is 0.882. The normalized spacial score (nSPS) is 11.7. The highest BCUT2D eigenvalue weighted by Crippen LogP contribution is 2.10. The number of rotatable bonds is 7. The van der Waals surface area contributed by atoms with Crippen molar-refractivity contribution in [2.24, 2.45) is 0 Å². The van der Waals surface area contributed by atoms with Gasteiger partial charge in [-0.3, -0.25) is 4.84 Å². The van der Waals surface area contributed by atoms with Gasteiger partial charge in [0.05, 0.1) is 6.61 Å². The molecule has 7 heteroatoms. The van der Waals surface area contributed by atoms with Crippen LogP contribution in [0.2, 0.25) is 0 Å². The fourth-order valence-electron chi connectivity index (χ4n) is 1.88. The molecule has 0 radical (unpaired) electrons. The van der Waals surface area contributed by atoms with Crippen LogP contribution >= 0.6 is 0 Å². The SMILES string of the molecule is CCCn1cc(S(=O)(=O)NOCc2ccccc2)nc1C. The summed E-state index contributed by atoms with van der Waals surface area (Å²) < 4.78 is 26.0. The number of hydrogen-bond acceptors (Lipinski definition) is 4. The minimum absolute atomic E-state index is 0.0264. The first-order chi connectivity index (χ1) is 10.0. The molecule has 1 aromatic carbocycles. The van der Waals surface area contributed by atoms with Crippen molar-refractivity contribution in [3.05, 3.63) is 47.9 Å². The first kappa shape index (κ1) is 15.7. The van der Waals surface area contributed by atoms with Crippen molar-refractivity contribution >= 4 is 10.0 Å². The van der Waals surface area contributed by atoms with Gasteiger partial charge in [-0.25, -0.2) is 13.4 Å². The van der Waals surface area contributed by atoms with Gasteiger partial charge in [-0.05, 0) is 18.9 Å². The average Bonchev–Trinajstić information content (AvgIpc) is 2.83. The molecular weight excluding hydrogens is 290 g/mol. The number of aromatic nitrogens is 2. The highest BCUT2D eigenvalue weighted by molar-refractivity contribution is 7.89. The maximum Gasteiger partial charge on any atom is 0.281 e. The summed E-state index contributed by atoms with van der Waals surface area (Å²) in [4.78, 5) is 11.2. The van der Waals surface area contributed by atoms with E-state index in [1.807, 2.05) is 41.8 Å². The van der Waals surface area contributed by atoms with Crippen molar-refractivity contribution in [3.63, 3.8) is 0 Å². The molecule has 0 aliphatic rings. The minimum Gasteiger partial charge on any atom is -0.334 e. The van der Waals surface area contributed by atoms with Crippen LogP contribution in [-0.4, -0.2) is 18.0 Å². The second-order valence-electron chi connectivity index (χ2n) is 4.68. The molecule has 0 fully saturated rings. The van der Waals surface area contributed by atoms with E-state index in [1.54, 1.807) is 6.92 Å². The molecule has 2 aromatic rings. The quantitative estimate of drug-likeness (QED) is 0.794. The third-order valence-electron chi connectivity index (χ3n) is 2.94. The summed E-state index contributed by atoms with van der Waals surface area (Å²) in [7, 11) is -3.75. The van der Waals surface area contributed by atoms with Crippen LogP contribution in [0, 0.1) is 6.92 Å². The number of nitrogens with one attached hydrogen (secondary N) is 1. The number of benzene rings is 1. The first-order valence-electron chi connectivity index (χ1n) is 6.74. The summed E-state index contributed by atoms with van der Waals surface area (Å²) >= 11 is 0. The summed E-state index contributed by atoms with van der Waals surface area (Å²) in [6.07, 6.45) is 2.43. The van der Waals surface area contributed by atoms with Gasteiger partial charge in [0.15, 0.2) is 5.03 Å². The maximum absolute atomic E-state index is 12.1. The van der Waals surface area contributed by atoms with Crippen molar-refractivity contribution in [3.8, 4) is 0 Å². The Hall–Kier alpha value is -1.70. The summed E-state index contributed by atoms with van der Waals surface area (Å²) in [5.74, 6) is 0.667. The monoisotopic (exact) mass is 309 g/mol. The second-order valence-corrected chi connectivity index (χ2v) is 6.27. The Morgan fingerprint density at radius 3 is 2.67 bits per heavy atom. The average molecular weight is 309 g/mol. The van der Waals surface area contributed by atoms with Gasteiger partial charge < -0.3 is 4.57 Å². The van der Waals surface area contributed by atoms with E-state index in [2.05, 4.69) is 9.87 Å². The number of hydrogen-bond donors (Lipinski definition) is 1. The Bertz CT molecular complexity index is 681. The molecule has 0 aliphatic heterocycles. The van der Waals surface area contributed by atoms with Crippen LogP contribution < -0.4 is 4.89 Å². The van der Waals surface area contributed by atoms with Crippen LogP contribution in [0.5, 0.6) is 0 Å². The molecule has 1 aromatic heterocycles. The Morgan fingerprint density at radius 2 is 2.00 bits per heavy atom. The third-order valence-corrected chi connectivity index (χ3v) is 4.03. The smallest absolute Gasteiger partial charge is 0.281 e. The van der Waals surface area contributed by atoms with Crippen molar-refractivity contribution in [2.45, 2.75) is 38.4 Å². The van der Waals surface area contributed by atoms with E-state index in [1.165, 1.54) is 6.20 Å². The van der Waals surface area contributed by atoms with E-state index in [4.69, 9.17) is 4.84 Å². The van der Waals surface area contributed by atoms with Crippen LogP contribution in [0.25, 0.3) is 0 Å².